The number of fused-ring (bicyclic) bond motifs is 3. The molecule has 4 N–H and O–H groups in total. The lowest BCUT2D eigenvalue weighted by Gasteiger charge is -2.56. The summed E-state index contributed by atoms with van der Waals surface area (Å²) < 4.78 is 25.1. The van der Waals surface area contributed by atoms with Crippen LogP contribution >= 0.6 is 11.6 Å². The van der Waals surface area contributed by atoms with Crippen LogP contribution in [-0.2, 0) is 14.3 Å². The number of ether oxygens (including phenoxy) is 2. The fourth-order valence-corrected chi connectivity index (χ4v) is 6.83. The van der Waals surface area contributed by atoms with Crippen LogP contribution in [-0.4, -0.2) is 53.5 Å². The van der Waals surface area contributed by atoms with Gasteiger partial charge in [0.05, 0.1) is 28.4 Å². The molecular formula is C33H36ClFN4O5. The zero-order chi connectivity index (χ0) is 30.7. The molecule has 2 amide bonds. The minimum absolute atomic E-state index is 0.0252. The van der Waals surface area contributed by atoms with Crippen molar-refractivity contribution in [2.75, 3.05) is 18.2 Å². The Balaban J connectivity index is 1.00. The largest absolute Gasteiger partial charge is 0.484 e. The van der Waals surface area contributed by atoms with E-state index in [4.69, 9.17) is 21.1 Å². The van der Waals surface area contributed by atoms with Gasteiger partial charge in [0.1, 0.15) is 24.4 Å². The van der Waals surface area contributed by atoms with Crippen LogP contribution in [0.25, 0.3) is 0 Å². The third-order valence-corrected chi connectivity index (χ3v) is 9.35. The fraction of sp³-hybridized carbons (Fsp3) is 0.394. The highest BCUT2D eigenvalue weighted by Crippen LogP contribution is 2.47. The molecule has 4 fully saturated rings. The molecule has 1 aliphatic heterocycles. The topological polar surface area (TPSA) is 112 Å². The van der Waals surface area contributed by atoms with E-state index < -0.39 is 23.0 Å². The van der Waals surface area contributed by atoms with Crippen molar-refractivity contribution in [3.05, 3.63) is 95.3 Å². The second-order valence-corrected chi connectivity index (χ2v) is 12.3. The molecule has 3 aromatic carbocycles. The normalized spacial score (nSPS) is 27.6. The molecule has 1 heterocycles. The first kappa shape index (κ1) is 30.3. The Morgan fingerprint density at radius 3 is 2.32 bits per heavy atom. The van der Waals surface area contributed by atoms with E-state index in [0.29, 0.717) is 38.5 Å². The minimum Gasteiger partial charge on any atom is -0.484 e. The summed E-state index contributed by atoms with van der Waals surface area (Å²) in [6, 6.07) is 24.2. The molecule has 2 bridgehead atoms. The average Bonchev–Trinajstić information content (AvgIpc) is 3.47. The number of amides is 2. The molecule has 1 saturated heterocycles. The number of halogens is 2. The highest BCUT2D eigenvalue weighted by atomic mass is 35.5. The summed E-state index contributed by atoms with van der Waals surface area (Å²) in [6.45, 7) is -0.443. The monoisotopic (exact) mass is 622 g/mol. The van der Waals surface area contributed by atoms with Gasteiger partial charge in [-0.25, -0.2) is 9.82 Å². The summed E-state index contributed by atoms with van der Waals surface area (Å²) in [4.78, 5) is 25.8. The Bertz CT molecular complexity index is 1420. The van der Waals surface area contributed by atoms with Crippen molar-refractivity contribution in [2.45, 2.75) is 68.0 Å². The number of rotatable bonds is 10. The van der Waals surface area contributed by atoms with Crippen LogP contribution in [0, 0.1) is 5.82 Å². The smallest absolute Gasteiger partial charge is 0.258 e. The maximum Gasteiger partial charge on any atom is 0.258 e. The van der Waals surface area contributed by atoms with Crippen molar-refractivity contribution in [2.24, 2.45) is 0 Å². The van der Waals surface area contributed by atoms with Crippen LogP contribution in [0.15, 0.2) is 78.9 Å². The number of benzene rings is 3. The van der Waals surface area contributed by atoms with Crippen molar-refractivity contribution >= 4 is 29.1 Å². The fourth-order valence-electron chi connectivity index (χ4n) is 6.71. The van der Waals surface area contributed by atoms with Gasteiger partial charge in [0.25, 0.3) is 5.91 Å². The van der Waals surface area contributed by atoms with Crippen molar-refractivity contribution < 1.29 is 28.6 Å². The SMILES string of the molecule is O=C(COc1ccc(Cl)c(F)c1)NC12CCC(NC(=O)COC3CC(c4ccccc4)N(c4ccccc4)N3)(CC1)[C@@H](O)C2. The molecule has 4 aliphatic rings. The van der Waals surface area contributed by atoms with E-state index in [-0.39, 0.29) is 48.1 Å². The van der Waals surface area contributed by atoms with Gasteiger partial charge in [-0.3, -0.25) is 14.6 Å². The number of hydrazine groups is 1. The Kier molecular flexibility index (Phi) is 8.77. The number of carbonyl (C=O) groups is 2. The minimum atomic E-state index is -0.832. The van der Waals surface area contributed by atoms with Crippen LogP contribution in [0.1, 0.15) is 50.1 Å². The van der Waals surface area contributed by atoms with Crippen LogP contribution in [0.3, 0.4) is 0 Å². The Morgan fingerprint density at radius 1 is 0.955 bits per heavy atom. The number of nitrogens with zero attached hydrogens (tertiary/aromatic N) is 1. The molecule has 3 aromatic rings. The summed E-state index contributed by atoms with van der Waals surface area (Å²) in [5.74, 6) is -1.07. The van der Waals surface area contributed by atoms with E-state index in [1.165, 1.54) is 12.1 Å². The Hall–Kier alpha value is -3.70. The quantitative estimate of drug-likeness (QED) is 0.265. The standard InChI is InChI=1S/C33H36ClFN4O5/c34-25-12-11-24(17-26(25)35)43-20-29(41)36-32-13-15-33(16-14-32,28(40)19-32)37-30(42)21-44-31-18-27(22-7-3-1-4-8-22)39(38-31)23-9-5-2-6-10-23/h1-12,17,27-28,31,38,40H,13-16,18-21H2,(H,36,41)(H,37,42)/t27?,28-,31?,32?,33?/m0/s1. The summed E-state index contributed by atoms with van der Waals surface area (Å²) in [5.41, 5.74) is 4.20. The second-order valence-electron chi connectivity index (χ2n) is 11.9. The molecule has 232 valence electrons. The third-order valence-electron chi connectivity index (χ3n) is 9.04. The number of anilines is 1. The van der Waals surface area contributed by atoms with Crippen molar-refractivity contribution in [3.8, 4) is 5.75 Å². The van der Waals surface area contributed by atoms with Gasteiger partial charge in [-0.15, -0.1) is 0 Å². The molecule has 9 nitrogen and oxygen atoms in total. The summed E-state index contributed by atoms with van der Waals surface area (Å²) in [5, 5.41) is 19.3. The van der Waals surface area contributed by atoms with Gasteiger partial charge < -0.3 is 25.2 Å². The van der Waals surface area contributed by atoms with Crippen molar-refractivity contribution in [3.63, 3.8) is 0 Å². The molecule has 2 unspecified atom stereocenters. The van der Waals surface area contributed by atoms with Crippen LogP contribution in [0.5, 0.6) is 5.75 Å². The van der Waals surface area contributed by atoms with Gasteiger partial charge >= 0.3 is 0 Å². The molecule has 0 radical (unpaired) electrons. The molecule has 3 saturated carbocycles. The van der Waals surface area contributed by atoms with Crippen LogP contribution < -0.4 is 25.8 Å². The Labute approximate surface area is 260 Å². The molecule has 3 aliphatic carbocycles. The van der Waals surface area contributed by atoms with Crippen LogP contribution in [0.4, 0.5) is 10.1 Å². The van der Waals surface area contributed by atoms with Crippen molar-refractivity contribution in [1.29, 1.82) is 0 Å². The molecule has 0 aromatic heterocycles. The lowest BCUT2D eigenvalue weighted by molar-refractivity contribution is -0.140. The number of carbonyl (C=O) groups excluding carboxylic acids is 2. The van der Waals surface area contributed by atoms with E-state index in [9.17, 15) is 19.1 Å². The molecule has 7 rings (SSSR count). The van der Waals surface area contributed by atoms with E-state index in [0.717, 1.165) is 17.3 Å². The van der Waals surface area contributed by atoms with Crippen LogP contribution in [0.2, 0.25) is 5.02 Å². The lowest BCUT2D eigenvalue weighted by atomic mass is 9.60. The van der Waals surface area contributed by atoms with Gasteiger partial charge in [0, 0.05) is 18.0 Å². The highest BCUT2D eigenvalue weighted by molar-refractivity contribution is 6.30. The maximum atomic E-state index is 13.7. The zero-order valence-electron chi connectivity index (χ0n) is 24.2. The summed E-state index contributed by atoms with van der Waals surface area (Å²) in [7, 11) is 0. The molecule has 3 atom stereocenters. The first-order valence-corrected chi connectivity index (χ1v) is 15.3. The predicted molar refractivity (Wildman–Crippen MR) is 163 cm³/mol. The zero-order valence-corrected chi connectivity index (χ0v) is 24.9. The van der Waals surface area contributed by atoms with Gasteiger partial charge in [0.15, 0.2) is 6.61 Å². The first-order valence-electron chi connectivity index (χ1n) is 14.9. The maximum absolute atomic E-state index is 13.7. The number of nitrogens with one attached hydrogen (secondary N) is 3. The number of hydrogen-bond acceptors (Lipinski definition) is 7. The third kappa shape index (κ3) is 6.53. The first-order chi connectivity index (χ1) is 21.2. The van der Waals surface area contributed by atoms with Gasteiger partial charge in [-0.2, -0.15) is 0 Å². The second kappa shape index (κ2) is 12.7. The van der Waals surface area contributed by atoms with Gasteiger partial charge in [-0.1, -0.05) is 60.1 Å². The summed E-state index contributed by atoms with van der Waals surface area (Å²) >= 11 is 5.70. The van der Waals surface area contributed by atoms with E-state index in [1.807, 2.05) is 48.5 Å². The predicted octanol–water partition coefficient (Wildman–Crippen LogP) is 4.41. The molecular weight excluding hydrogens is 587 g/mol. The number of aliphatic hydroxyl groups excluding tert-OH is 1. The highest BCUT2D eigenvalue weighted by Gasteiger charge is 2.55. The number of hydrogen-bond donors (Lipinski definition) is 4. The molecule has 11 heteroatoms. The van der Waals surface area contributed by atoms with Crippen molar-refractivity contribution in [1.82, 2.24) is 16.1 Å². The van der Waals surface area contributed by atoms with E-state index in [2.05, 4.69) is 33.2 Å². The molecule has 0 spiro atoms. The average molecular weight is 623 g/mol. The number of aliphatic hydroxyl groups is 1. The number of para-hydroxylation sites is 1. The Morgan fingerprint density at radius 2 is 1.64 bits per heavy atom. The molecule has 44 heavy (non-hydrogen) atoms. The van der Waals surface area contributed by atoms with E-state index >= 15 is 0 Å². The van der Waals surface area contributed by atoms with Gasteiger partial charge in [-0.05, 0) is 61.9 Å². The summed E-state index contributed by atoms with van der Waals surface area (Å²) in [6.07, 6.45) is 1.99. The lowest BCUT2D eigenvalue weighted by Crippen LogP contribution is -2.70. The van der Waals surface area contributed by atoms with E-state index in [1.54, 1.807) is 0 Å². The van der Waals surface area contributed by atoms with Gasteiger partial charge in [0.2, 0.25) is 5.91 Å².